The van der Waals surface area contributed by atoms with Crippen molar-refractivity contribution in [2.45, 2.75) is 13.3 Å². The Labute approximate surface area is 92.4 Å². The fraction of sp³-hybridized carbons (Fsp3) is 0.333. The minimum absolute atomic E-state index is 0. The van der Waals surface area contributed by atoms with Gasteiger partial charge in [0, 0.05) is 6.54 Å². The summed E-state index contributed by atoms with van der Waals surface area (Å²) in [4.78, 5) is 16.2. The SMILES string of the molecule is CCCN=C(N)n1cnc2ncncc21.O. The van der Waals surface area contributed by atoms with E-state index in [0.717, 1.165) is 11.9 Å². The fourth-order valence-electron chi connectivity index (χ4n) is 1.24. The Kier molecular flexibility index (Phi) is 3.90. The maximum atomic E-state index is 5.81. The van der Waals surface area contributed by atoms with Gasteiger partial charge in [-0.25, -0.2) is 15.0 Å². The first-order valence-electron chi connectivity index (χ1n) is 4.76. The fourth-order valence-corrected chi connectivity index (χ4v) is 1.24. The summed E-state index contributed by atoms with van der Waals surface area (Å²) >= 11 is 0. The van der Waals surface area contributed by atoms with Crippen LogP contribution >= 0.6 is 0 Å². The van der Waals surface area contributed by atoms with Crippen LogP contribution in [0.5, 0.6) is 0 Å². The highest BCUT2D eigenvalue weighted by Crippen LogP contribution is 2.06. The van der Waals surface area contributed by atoms with Gasteiger partial charge in [0.1, 0.15) is 18.2 Å². The lowest BCUT2D eigenvalue weighted by Gasteiger charge is -2.01. The Bertz CT molecular complexity index is 491. The molecule has 7 heteroatoms. The molecule has 2 aromatic rings. The van der Waals surface area contributed by atoms with Crippen LogP contribution in [0.2, 0.25) is 0 Å². The van der Waals surface area contributed by atoms with E-state index in [2.05, 4.69) is 19.9 Å². The Morgan fingerprint density at radius 2 is 2.31 bits per heavy atom. The summed E-state index contributed by atoms with van der Waals surface area (Å²) in [5, 5.41) is 0. The third kappa shape index (κ3) is 2.14. The molecule has 2 rings (SSSR count). The van der Waals surface area contributed by atoms with E-state index in [1.807, 2.05) is 6.92 Å². The van der Waals surface area contributed by atoms with Crippen molar-refractivity contribution < 1.29 is 5.48 Å². The molecule has 0 bridgehead atoms. The molecule has 0 aliphatic rings. The first kappa shape index (κ1) is 12.1. The van der Waals surface area contributed by atoms with Crippen LogP contribution in [-0.2, 0) is 0 Å². The number of nitrogens with two attached hydrogens (primary N) is 1. The van der Waals surface area contributed by atoms with Crippen LogP contribution in [0.1, 0.15) is 13.3 Å². The van der Waals surface area contributed by atoms with Crippen molar-refractivity contribution in [3.8, 4) is 0 Å². The summed E-state index contributed by atoms with van der Waals surface area (Å²) in [7, 11) is 0. The van der Waals surface area contributed by atoms with Crippen LogP contribution in [-0.4, -0.2) is 37.5 Å². The average molecular weight is 222 g/mol. The molecule has 2 aromatic heterocycles. The van der Waals surface area contributed by atoms with Crippen LogP contribution in [0.4, 0.5) is 0 Å². The second kappa shape index (κ2) is 5.17. The summed E-state index contributed by atoms with van der Waals surface area (Å²) in [5.41, 5.74) is 7.21. The molecule has 0 fully saturated rings. The number of aromatic nitrogens is 4. The topological polar surface area (TPSA) is 113 Å². The minimum Gasteiger partial charge on any atom is -0.412 e. The number of hydrogen-bond donors (Lipinski definition) is 1. The summed E-state index contributed by atoms with van der Waals surface area (Å²) in [6, 6.07) is 0. The predicted molar refractivity (Wildman–Crippen MR) is 61.1 cm³/mol. The minimum atomic E-state index is 0. The average Bonchev–Trinajstić information content (AvgIpc) is 2.69. The van der Waals surface area contributed by atoms with E-state index in [4.69, 9.17) is 5.73 Å². The number of fused-ring (bicyclic) bond motifs is 1. The monoisotopic (exact) mass is 222 g/mol. The molecule has 16 heavy (non-hydrogen) atoms. The zero-order chi connectivity index (χ0) is 10.7. The van der Waals surface area contributed by atoms with Crippen LogP contribution < -0.4 is 5.73 Å². The van der Waals surface area contributed by atoms with Crippen molar-refractivity contribution in [1.82, 2.24) is 19.5 Å². The lowest BCUT2D eigenvalue weighted by atomic mass is 10.5. The standard InChI is InChI=1S/C9H12N6.H2O/c1-2-3-12-9(10)15-6-14-8-7(15)4-11-5-13-8;/h4-6H,2-3H2,1H3,(H2,10,12);1H2. The first-order chi connectivity index (χ1) is 7.33. The largest absolute Gasteiger partial charge is 0.412 e. The van der Waals surface area contributed by atoms with Gasteiger partial charge < -0.3 is 11.2 Å². The smallest absolute Gasteiger partial charge is 0.201 e. The van der Waals surface area contributed by atoms with Gasteiger partial charge in [-0.15, -0.1) is 0 Å². The van der Waals surface area contributed by atoms with E-state index in [9.17, 15) is 0 Å². The second-order valence-electron chi connectivity index (χ2n) is 3.09. The molecule has 0 aromatic carbocycles. The van der Waals surface area contributed by atoms with Gasteiger partial charge in [-0.1, -0.05) is 6.92 Å². The Morgan fingerprint density at radius 3 is 3.06 bits per heavy atom. The number of imidazole rings is 1. The van der Waals surface area contributed by atoms with Gasteiger partial charge in [-0.05, 0) is 6.42 Å². The first-order valence-corrected chi connectivity index (χ1v) is 4.76. The Hall–Kier alpha value is -2.02. The van der Waals surface area contributed by atoms with Crippen molar-refractivity contribution in [3.63, 3.8) is 0 Å². The molecule has 0 aliphatic heterocycles. The highest BCUT2D eigenvalue weighted by Gasteiger charge is 2.05. The van der Waals surface area contributed by atoms with Crippen molar-refractivity contribution >= 4 is 17.1 Å². The van der Waals surface area contributed by atoms with Crippen molar-refractivity contribution in [1.29, 1.82) is 0 Å². The molecule has 0 atom stereocenters. The Morgan fingerprint density at radius 1 is 1.50 bits per heavy atom. The lowest BCUT2D eigenvalue weighted by molar-refractivity contribution is 0.824. The molecule has 0 saturated heterocycles. The quantitative estimate of drug-likeness (QED) is 0.548. The zero-order valence-corrected chi connectivity index (χ0v) is 8.96. The van der Waals surface area contributed by atoms with Gasteiger partial charge >= 0.3 is 0 Å². The van der Waals surface area contributed by atoms with E-state index < -0.39 is 0 Å². The molecule has 0 aliphatic carbocycles. The lowest BCUT2D eigenvalue weighted by Crippen LogP contribution is -2.21. The molecule has 0 spiro atoms. The van der Waals surface area contributed by atoms with Gasteiger partial charge in [0.2, 0.25) is 5.96 Å². The number of nitrogens with zero attached hydrogens (tertiary/aromatic N) is 5. The predicted octanol–water partition coefficient (Wildman–Crippen LogP) is -0.426. The third-order valence-corrected chi connectivity index (χ3v) is 1.97. The molecule has 86 valence electrons. The third-order valence-electron chi connectivity index (χ3n) is 1.97. The van der Waals surface area contributed by atoms with Crippen molar-refractivity contribution in [2.75, 3.05) is 6.54 Å². The molecular weight excluding hydrogens is 208 g/mol. The van der Waals surface area contributed by atoms with Gasteiger partial charge in [0.05, 0.1) is 6.20 Å². The maximum Gasteiger partial charge on any atom is 0.201 e. The van der Waals surface area contributed by atoms with Crippen molar-refractivity contribution in [3.05, 3.63) is 18.9 Å². The van der Waals surface area contributed by atoms with Gasteiger partial charge in [0.25, 0.3) is 0 Å². The zero-order valence-electron chi connectivity index (χ0n) is 8.96. The van der Waals surface area contributed by atoms with Gasteiger partial charge in [-0.2, -0.15) is 0 Å². The number of hydrogen-bond acceptors (Lipinski definition) is 4. The van der Waals surface area contributed by atoms with E-state index in [-0.39, 0.29) is 5.48 Å². The van der Waals surface area contributed by atoms with Crippen molar-refractivity contribution in [2.24, 2.45) is 10.7 Å². The molecular formula is C9H14N6O. The number of aliphatic imine (C=N–C) groups is 1. The molecule has 2 heterocycles. The van der Waals surface area contributed by atoms with Gasteiger partial charge in [0.15, 0.2) is 5.65 Å². The highest BCUT2D eigenvalue weighted by atomic mass is 16.0. The summed E-state index contributed by atoms with van der Waals surface area (Å²) in [5.74, 6) is 0.425. The summed E-state index contributed by atoms with van der Waals surface area (Å²) < 4.78 is 1.69. The maximum absolute atomic E-state index is 5.81. The number of rotatable bonds is 2. The van der Waals surface area contributed by atoms with Gasteiger partial charge in [-0.3, -0.25) is 9.56 Å². The second-order valence-corrected chi connectivity index (χ2v) is 3.09. The summed E-state index contributed by atoms with van der Waals surface area (Å²) in [6.07, 6.45) is 5.69. The normalized spacial score (nSPS) is 11.4. The van der Waals surface area contributed by atoms with E-state index >= 15 is 0 Å². The van der Waals surface area contributed by atoms with Crippen LogP contribution in [0.25, 0.3) is 11.2 Å². The molecule has 0 saturated carbocycles. The van der Waals surface area contributed by atoms with E-state index in [1.54, 1.807) is 17.1 Å². The summed E-state index contributed by atoms with van der Waals surface area (Å²) in [6.45, 7) is 2.76. The van der Waals surface area contributed by atoms with E-state index in [0.29, 0.717) is 18.2 Å². The van der Waals surface area contributed by atoms with E-state index in [1.165, 1.54) is 6.33 Å². The molecule has 0 unspecified atom stereocenters. The molecule has 4 N–H and O–H groups in total. The van der Waals surface area contributed by atoms with Crippen LogP contribution in [0.15, 0.2) is 23.8 Å². The highest BCUT2D eigenvalue weighted by molar-refractivity contribution is 5.89. The molecule has 7 nitrogen and oxygen atoms in total. The van der Waals surface area contributed by atoms with Crippen LogP contribution in [0.3, 0.4) is 0 Å². The van der Waals surface area contributed by atoms with Crippen LogP contribution in [0, 0.1) is 0 Å². The molecule has 0 amide bonds. The Balaban J connectivity index is 0.00000128. The molecule has 0 radical (unpaired) electrons.